The first-order valence-corrected chi connectivity index (χ1v) is 10.5. The molecule has 3 amide bonds. The van der Waals surface area contributed by atoms with Crippen LogP contribution in [0.25, 0.3) is 0 Å². The first-order valence-electron chi connectivity index (χ1n) is 10.1. The summed E-state index contributed by atoms with van der Waals surface area (Å²) in [6, 6.07) is 13.9. The molecular formula is C22H23ClN6O2. The van der Waals surface area contributed by atoms with E-state index < -0.39 is 6.03 Å². The molecule has 31 heavy (non-hydrogen) atoms. The molecule has 1 aliphatic heterocycles. The number of rotatable bonds is 4. The number of aryl methyl sites for hydroxylation is 1. The van der Waals surface area contributed by atoms with E-state index in [4.69, 9.17) is 11.6 Å². The number of para-hydroxylation sites is 1. The van der Waals surface area contributed by atoms with Gasteiger partial charge in [-0.25, -0.2) is 14.5 Å². The summed E-state index contributed by atoms with van der Waals surface area (Å²) >= 11 is 6.10. The van der Waals surface area contributed by atoms with Crippen molar-refractivity contribution < 1.29 is 9.59 Å². The van der Waals surface area contributed by atoms with Crippen molar-refractivity contribution in [1.29, 1.82) is 0 Å². The van der Waals surface area contributed by atoms with E-state index in [9.17, 15) is 9.59 Å². The number of hydrogen-bond donors (Lipinski definition) is 2. The first-order chi connectivity index (χ1) is 15.0. The summed E-state index contributed by atoms with van der Waals surface area (Å²) in [5.41, 5.74) is 1.82. The molecule has 2 N–H and O–H groups in total. The van der Waals surface area contributed by atoms with Gasteiger partial charge in [-0.15, -0.1) is 0 Å². The molecule has 0 spiro atoms. The molecule has 1 aliphatic rings. The zero-order valence-corrected chi connectivity index (χ0v) is 17.8. The molecule has 0 saturated carbocycles. The molecule has 0 aliphatic carbocycles. The summed E-state index contributed by atoms with van der Waals surface area (Å²) in [7, 11) is 0. The standard InChI is InChI=1S/C22H23ClN6O2/c1-15-5-4-8-19(25-15)21(30)28-13-10-16(11-14-28)29-20(9-12-24-29)27-22(31)26-18-7-3-2-6-17(18)23/h2-9,12,16H,10-11,13-14H2,1H3,(H2,26,27,31). The molecule has 3 heterocycles. The van der Waals surface area contributed by atoms with Crippen LogP contribution in [0.2, 0.25) is 5.02 Å². The van der Waals surface area contributed by atoms with Crippen LogP contribution in [0.1, 0.15) is 35.1 Å². The number of carbonyl (C=O) groups excluding carboxylic acids is 2. The number of nitrogens with zero attached hydrogens (tertiary/aromatic N) is 4. The summed E-state index contributed by atoms with van der Waals surface area (Å²) in [4.78, 5) is 31.3. The van der Waals surface area contributed by atoms with Gasteiger partial charge in [-0.1, -0.05) is 29.8 Å². The van der Waals surface area contributed by atoms with Gasteiger partial charge in [0, 0.05) is 24.8 Å². The van der Waals surface area contributed by atoms with E-state index >= 15 is 0 Å². The number of hydrogen-bond acceptors (Lipinski definition) is 4. The molecule has 9 heteroatoms. The maximum Gasteiger partial charge on any atom is 0.324 e. The average Bonchev–Trinajstić information content (AvgIpc) is 3.23. The normalized spacial score (nSPS) is 14.3. The van der Waals surface area contributed by atoms with Crippen LogP contribution in [0.5, 0.6) is 0 Å². The quantitative estimate of drug-likeness (QED) is 0.633. The Morgan fingerprint density at radius 3 is 2.55 bits per heavy atom. The second kappa shape index (κ2) is 9.18. The fourth-order valence-corrected chi connectivity index (χ4v) is 3.86. The number of anilines is 2. The molecule has 4 rings (SSSR count). The Labute approximate surface area is 185 Å². The summed E-state index contributed by atoms with van der Waals surface area (Å²) in [6.07, 6.45) is 3.12. The second-order valence-corrected chi connectivity index (χ2v) is 7.81. The van der Waals surface area contributed by atoms with Gasteiger partial charge in [0.15, 0.2) is 0 Å². The Balaban J connectivity index is 1.37. The first kappa shape index (κ1) is 20.9. The molecular weight excluding hydrogens is 416 g/mol. The largest absolute Gasteiger partial charge is 0.337 e. The number of nitrogens with one attached hydrogen (secondary N) is 2. The van der Waals surface area contributed by atoms with Gasteiger partial charge < -0.3 is 10.2 Å². The monoisotopic (exact) mass is 438 g/mol. The SMILES string of the molecule is Cc1cccc(C(=O)N2CCC(n3nccc3NC(=O)Nc3ccccc3Cl)CC2)n1. The van der Waals surface area contributed by atoms with E-state index in [1.54, 1.807) is 47.3 Å². The maximum atomic E-state index is 12.7. The lowest BCUT2D eigenvalue weighted by Gasteiger charge is -2.32. The van der Waals surface area contributed by atoms with Crippen LogP contribution in [0.3, 0.4) is 0 Å². The zero-order chi connectivity index (χ0) is 21.8. The van der Waals surface area contributed by atoms with Crippen molar-refractivity contribution in [3.05, 3.63) is 71.1 Å². The Hall–Kier alpha value is -3.39. The van der Waals surface area contributed by atoms with Crippen molar-refractivity contribution in [2.45, 2.75) is 25.8 Å². The number of likely N-dealkylation sites (tertiary alicyclic amines) is 1. The van der Waals surface area contributed by atoms with Crippen LogP contribution in [0.15, 0.2) is 54.7 Å². The van der Waals surface area contributed by atoms with E-state index in [-0.39, 0.29) is 11.9 Å². The highest BCUT2D eigenvalue weighted by Crippen LogP contribution is 2.26. The highest BCUT2D eigenvalue weighted by molar-refractivity contribution is 6.33. The van der Waals surface area contributed by atoms with Gasteiger partial charge in [-0.2, -0.15) is 5.10 Å². The average molecular weight is 439 g/mol. The number of piperidine rings is 1. The molecule has 8 nitrogen and oxygen atoms in total. The number of carbonyl (C=O) groups is 2. The number of benzene rings is 1. The van der Waals surface area contributed by atoms with E-state index in [2.05, 4.69) is 20.7 Å². The molecule has 2 aromatic heterocycles. The molecule has 3 aromatic rings. The summed E-state index contributed by atoms with van der Waals surface area (Å²) in [6.45, 7) is 3.08. The zero-order valence-electron chi connectivity index (χ0n) is 17.1. The molecule has 0 bridgehead atoms. The number of halogens is 1. The highest BCUT2D eigenvalue weighted by atomic mass is 35.5. The van der Waals surface area contributed by atoms with Crippen LogP contribution in [0.4, 0.5) is 16.3 Å². The highest BCUT2D eigenvalue weighted by Gasteiger charge is 2.27. The summed E-state index contributed by atoms with van der Waals surface area (Å²) < 4.78 is 1.80. The Morgan fingerprint density at radius 2 is 1.81 bits per heavy atom. The lowest BCUT2D eigenvalue weighted by Crippen LogP contribution is -2.40. The Morgan fingerprint density at radius 1 is 1.03 bits per heavy atom. The third-order valence-corrected chi connectivity index (χ3v) is 5.57. The Kier molecular flexibility index (Phi) is 6.18. The van der Waals surface area contributed by atoms with Crippen LogP contribution in [-0.4, -0.2) is 44.7 Å². The minimum absolute atomic E-state index is 0.0555. The van der Waals surface area contributed by atoms with Crippen molar-refractivity contribution in [3.8, 4) is 0 Å². The van der Waals surface area contributed by atoms with Gasteiger partial charge in [-0.3, -0.25) is 10.1 Å². The van der Waals surface area contributed by atoms with E-state index in [1.165, 1.54) is 0 Å². The van der Waals surface area contributed by atoms with Gasteiger partial charge >= 0.3 is 6.03 Å². The third-order valence-electron chi connectivity index (χ3n) is 5.24. The molecule has 0 atom stereocenters. The lowest BCUT2D eigenvalue weighted by atomic mass is 10.0. The third kappa shape index (κ3) is 4.86. The van der Waals surface area contributed by atoms with Crippen LogP contribution < -0.4 is 10.6 Å². The van der Waals surface area contributed by atoms with Crippen molar-refractivity contribution in [3.63, 3.8) is 0 Å². The van der Waals surface area contributed by atoms with Crippen LogP contribution in [0, 0.1) is 6.92 Å². The maximum absolute atomic E-state index is 12.7. The smallest absolute Gasteiger partial charge is 0.324 e. The van der Waals surface area contributed by atoms with E-state index in [1.807, 2.05) is 24.0 Å². The molecule has 1 fully saturated rings. The lowest BCUT2D eigenvalue weighted by molar-refractivity contribution is 0.0684. The van der Waals surface area contributed by atoms with Crippen LogP contribution in [-0.2, 0) is 0 Å². The van der Waals surface area contributed by atoms with Gasteiger partial charge in [-0.05, 0) is 44.0 Å². The predicted octanol–water partition coefficient (Wildman–Crippen LogP) is 4.36. The van der Waals surface area contributed by atoms with Gasteiger partial charge in [0.1, 0.15) is 11.5 Å². The fraction of sp³-hybridized carbons (Fsp3) is 0.273. The summed E-state index contributed by atoms with van der Waals surface area (Å²) in [5, 5.41) is 10.4. The minimum Gasteiger partial charge on any atom is -0.337 e. The van der Waals surface area contributed by atoms with Crippen LogP contribution >= 0.6 is 11.6 Å². The number of urea groups is 1. The second-order valence-electron chi connectivity index (χ2n) is 7.41. The number of pyridine rings is 1. The predicted molar refractivity (Wildman–Crippen MR) is 119 cm³/mol. The minimum atomic E-state index is -0.395. The molecule has 1 saturated heterocycles. The van der Waals surface area contributed by atoms with E-state index in [0.29, 0.717) is 35.3 Å². The van der Waals surface area contributed by atoms with Crippen molar-refractivity contribution in [1.82, 2.24) is 19.7 Å². The fourth-order valence-electron chi connectivity index (χ4n) is 3.67. The molecule has 0 radical (unpaired) electrons. The molecule has 0 unspecified atom stereocenters. The topological polar surface area (TPSA) is 92.2 Å². The number of amides is 3. The van der Waals surface area contributed by atoms with Crippen molar-refractivity contribution >= 4 is 35.0 Å². The van der Waals surface area contributed by atoms with Gasteiger partial charge in [0.05, 0.1) is 22.9 Å². The number of aromatic nitrogens is 3. The van der Waals surface area contributed by atoms with Gasteiger partial charge in [0.25, 0.3) is 5.91 Å². The van der Waals surface area contributed by atoms with Gasteiger partial charge in [0.2, 0.25) is 0 Å². The Bertz CT molecular complexity index is 1090. The van der Waals surface area contributed by atoms with Crippen molar-refractivity contribution in [2.24, 2.45) is 0 Å². The molecule has 160 valence electrons. The van der Waals surface area contributed by atoms with E-state index in [0.717, 1.165) is 18.5 Å². The van der Waals surface area contributed by atoms with Crippen molar-refractivity contribution in [2.75, 3.05) is 23.7 Å². The summed E-state index contributed by atoms with van der Waals surface area (Å²) in [5.74, 6) is 0.537. The molecule has 1 aromatic carbocycles.